The van der Waals surface area contributed by atoms with Gasteiger partial charge in [-0.1, -0.05) is 46.8 Å². The number of Topliss-reactive ketones (excluding diaryl/α,β-unsaturated/α-hetero) is 1. The van der Waals surface area contributed by atoms with E-state index in [1.165, 1.54) is 44.0 Å². The third kappa shape index (κ3) is 2.54. The maximum Gasteiger partial charge on any atom is 0.138 e. The summed E-state index contributed by atoms with van der Waals surface area (Å²) in [4.78, 5) is 25.4. The van der Waals surface area contributed by atoms with Crippen LogP contribution in [0.5, 0.6) is 0 Å². The Morgan fingerprint density at radius 2 is 1.59 bits per heavy atom. The highest BCUT2D eigenvalue weighted by atomic mass is 16.1. The van der Waals surface area contributed by atoms with Gasteiger partial charge in [0.05, 0.1) is 0 Å². The van der Waals surface area contributed by atoms with Crippen LogP contribution in [0.2, 0.25) is 0 Å². The van der Waals surface area contributed by atoms with Crippen LogP contribution in [0.15, 0.2) is 12.2 Å². The Morgan fingerprint density at radius 1 is 0.875 bits per heavy atom. The van der Waals surface area contributed by atoms with Crippen LogP contribution in [0.1, 0.15) is 106 Å². The van der Waals surface area contributed by atoms with Crippen LogP contribution in [0.25, 0.3) is 0 Å². The summed E-state index contributed by atoms with van der Waals surface area (Å²) in [5.41, 5.74) is 1.87. The molecule has 9 atom stereocenters. The number of ketones is 1. The number of allylic oxidation sites excluding steroid dienone is 1. The van der Waals surface area contributed by atoms with Gasteiger partial charge in [-0.15, -0.1) is 0 Å². The minimum atomic E-state index is -0.179. The van der Waals surface area contributed by atoms with E-state index in [1.54, 1.807) is 0 Å². The van der Waals surface area contributed by atoms with E-state index in [-0.39, 0.29) is 21.7 Å². The van der Waals surface area contributed by atoms with Crippen molar-refractivity contribution in [2.24, 2.45) is 56.7 Å². The van der Waals surface area contributed by atoms with E-state index in [4.69, 9.17) is 0 Å². The third-order valence-corrected chi connectivity index (χ3v) is 13.1. The molecule has 6 unspecified atom stereocenters. The van der Waals surface area contributed by atoms with Crippen LogP contribution in [-0.4, -0.2) is 12.1 Å². The minimum Gasteiger partial charge on any atom is -0.303 e. The van der Waals surface area contributed by atoms with Crippen molar-refractivity contribution in [2.75, 3.05) is 0 Å². The van der Waals surface area contributed by atoms with E-state index in [9.17, 15) is 9.59 Å². The summed E-state index contributed by atoms with van der Waals surface area (Å²) in [5, 5.41) is 0. The Balaban J connectivity index is 1.56. The van der Waals surface area contributed by atoms with Gasteiger partial charge in [0.1, 0.15) is 12.1 Å². The molecule has 0 saturated heterocycles. The number of aldehydes is 1. The average molecular weight is 439 g/mol. The summed E-state index contributed by atoms with van der Waals surface area (Å²) in [6.07, 6.45) is 12.7. The molecule has 0 radical (unpaired) electrons. The fourth-order valence-electron chi connectivity index (χ4n) is 11.2. The lowest BCUT2D eigenvalue weighted by molar-refractivity contribution is -0.231. The molecule has 5 aliphatic carbocycles. The molecule has 5 saturated carbocycles. The van der Waals surface area contributed by atoms with Crippen molar-refractivity contribution < 1.29 is 9.59 Å². The molecule has 32 heavy (non-hydrogen) atoms. The quantitative estimate of drug-likeness (QED) is 0.332. The summed E-state index contributed by atoms with van der Waals surface area (Å²) < 4.78 is 0. The van der Waals surface area contributed by atoms with Crippen molar-refractivity contribution in [3.63, 3.8) is 0 Å². The number of hydrogen-bond acceptors (Lipinski definition) is 2. The van der Waals surface area contributed by atoms with Gasteiger partial charge in [0.15, 0.2) is 0 Å². The zero-order chi connectivity index (χ0) is 23.3. The van der Waals surface area contributed by atoms with E-state index in [2.05, 4.69) is 48.1 Å². The zero-order valence-electron chi connectivity index (χ0n) is 21.6. The lowest BCUT2D eigenvalue weighted by Gasteiger charge is -2.72. The number of carbonyl (C=O) groups is 2. The molecule has 5 rings (SSSR count). The molecule has 2 heteroatoms. The fraction of sp³-hybridized carbons (Fsp3) is 0.867. The molecule has 5 aliphatic rings. The second kappa shape index (κ2) is 6.82. The molecule has 2 nitrogen and oxygen atoms in total. The fourth-order valence-corrected chi connectivity index (χ4v) is 11.2. The van der Waals surface area contributed by atoms with Crippen LogP contribution in [0.3, 0.4) is 0 Å². The van der Waals surface area contributed by atoms with Crippen LogP contribution in [-0.2, 0) is 9.59 Å². The summed E-state index contributed by atoms with van der Waals surface area (Å²) in [7, 11) is 0. The maximum absolute atomic E-state index is 12.9. The van der Waals surface area contributed by atoms with Gasteiger partial charge in [0.2, 0.25) is 0 Å². The Morgan fingerprint density at radius 3 is 2.25 bits per heavy atom. The Bertz CT molecular complexity index is 855. The average Bonchev–Trinajstić information content (AvgIpc) is 3.12. The molecular weight excluding hydrogens is 392 g/mol. The van der Waals surface area contributed by atoms with Crippen molar-refractivity contribution in [1.82, 2.24) is 0 Å². The highest BCUT2D eigenvalue weighted by Gasteiger charge is 2.70. The lowest BCUT2D eigenvalue weighted by atomic mass is 9.32. The Hall–Kier alpha value is -0.920. The van der Waals surface area contributed by atoms with Gasteiger partial charge in [-0.3, -0.25) is 4.79 Å². The number of fused-ring (bicyclic) bond motifs is 7. The van der Waals surface area contributed by atoms with Crippen LogP contribution in [0, 0.1) is 56.7 Å². The summed E-state index contributed by atoms with van der Waals surface area (Å²) >= 11 is 0. The van der Waals surface area contributed by atoms with E-state index in [1.807, 2.05) is 0 Å². The van der Waals surface area contributed by atoms with Crippen molar-refractivity contribution in [1.29, 1.82) is 0 Å². The standard InChI is InChI=1S/C30H46O2/c1-19(2)20-10-15-30(18-31)17-16-28(6)21(25(20)30)8-9-23-27(5)13-12-24(32)26(3,4)22(27)11-14-29(23,28)7/h18,20-23,25H,1,8-17H2,2-7H3/t20-,21?,22?,23?,25?,27?,28+,29+,30?/m0/s1. The molecular formula is C30H46O2. The first kappa shape index (κ1) is 22.9. The van der Waals surface area contributed by atoms with Gasteiger partial charge < -0.3 is 4.79 Å². The number of carbonyl (C=O) groups excluding carboxylic acids is 2. The normalized spacial score (nSPS) is 54.1. The summed E-state index contributed by atoms with van der Waals surface area (Å²) in [6.45, 7) is 18.9. The van der Waals surface area contributed by atoms with Gasteiger partial charge >= 0.3 is 0 Å². The molecule has 0 spiro atoms. The van der Waals surface area contributed by atoms with Crippen LogP contribution >= 0.6 is 0 Å². The molecule has 0 aliphatic heterocycles. The lowest BCUT2D eigenvalue weighted by Crippen LogP contribution is -2.66. The molecule has 0 heterocycles. The van der Waals surface area contributed by atoms with E-state index < -0.39 is 0 Å². The molecule has 0 amide bonds. The van der Waals surface area contributed by atoms with Gasteiger partial charge in [-0.2, -0.15) is 0 Å². The molecule has 0 N–H and O–H groups in total. The highest BCUT2D eigenvalue weighted by molar-refractivity contribution is 5.85. The number of hydrogen-bond donors (Lipinski definition) is 0. The minimum absolute atomic E-state index is 0.0999. The van der Waals surface area contributed by atoms with Gasteiger partial charge in [-0.05, 0) is 111 Å². The molecule has 0 bridgehead atoms. The summed E-state index contributed by atoms with van der Waals surface area (Å²) in [6, 6.07) is 0. The molecule has 5 fully saturated rings. The van der Waals surface area contributed by atoms with Crippen LogP contribution in [0.4, 0.5) is 0 Å². The van der Waals surface area contributed by atoms with Crippen molar-refractivity contribution in [3.05, 3.63) is 12.2 Å². The highest BCUT2D eigenvalue weighted by Crippen LogP contribution is 2.77. The maximum atomic E-state index is 12.9. The Kier molecular flexibility index (Phi) is 4.87. The van der Waals surface area contributed by atoms with E-state index in [0.717, 1.165) is 32.1 Å². The van der Waals surface area contributed by atoms with Gasteiger partial charge in [-0.25, -0.2) is 0 Å². The largest absolute Gasteiger partial charge is 0.303 e. The third-order valence-electron chi connectivity index (χ3n) is 13.1. The first-order chi connectivity index (χ1) is 14.9. The van der Waals surface area contributed by atoms with Crippen molar-refractivity contribution in [3.8, 4) is 0 Å². The zero-order valence-corrected chi connectivity index (χ0v) is 21.6. The number of rotatable bonds is 2. The first-order valence-corrected chi connectivity index (χ1v) is 13.5. The topological polar surface area (TPSA) is 34.1 Å². The van der Waals surface area contributed by atoms with Crippen molar-refractivity contribution >= 4 is 12.1 Å². The van der Waals surface area contributed by atoms with Crippen molar-refractivity contribution in [2.45, 2.75) is 106 Å². The SMILES string of the molecule is C=C(C)[C@@H]1CCC2(C=O)CC[C@]3(C)C(CCC4C5(C)CCC(=O)C(C)(C)C5CC[C@]43C)C12. The second-order valence-corrected chi connectivity index (χ2v) is 14.2. The Labute approximate surface area is 196 Å². The van der Waals surface area contributed by atoms with Gasteiger partial charge in [0.25, 0.3) is 0 Å². The molecule has 178 valence electrons. The molecule has 0 aromatic heterocycles. The smallest absolute Gasteiger partial charge is 0.138 e. The predicted octanol–water partition coefficient (Wildman–Crippen LogP) is 7.41. The van der Waals surface area contributed by atoms with E-state index >= 15 is 0 Å². The summed E-state index contributed by atoms with van der Waals surface area (Å²) in [5.74, 6) is 3.34. The first-order valence-electron chi connectivity index (χ1n) is 13.5. The van der Waals surface area contributed by atoms with Gasteiger partial charge in [0, 0.05) is 17.3 Å². The predicted molar refractivity (Wildman–Crippen MR) is 130 cm³/mol. The second-order valence-electron chi connectivity index (χ2n) is 14.2. The van der Waals surface area contributed by atoms with Crippen LogP contribution < -0.4 is 0 Å². The monoisotopic (exact) mass is 438 g/mol. The molecule has 0 aromatic carbocycles. The van der Waals surface area contributed by atoms with E-state index in [0.29, 0.717) is 40.8 Å². The molecule has 0 aromatic rings.